The highest BCUT2D eigenvalue weighted by Gasteiger charge is 2.21. The van der Waals surface area contributed by atoms with E-state index in [1.165, 1.54) is 0 Å². The maximum Gasteiger partial charge on any atom is 0.326 e. The van der Waals surface area contributed by atoms with Crippen molar-refractivity contribution in [3.05, 3.63) is 162 Å². The topological polar surface area (TPSA) is 95.9 Å². The van der Waals surface area contributed by atoms with Crippen LogP contribution in [0.4, 0.5) is 11.4 Å². The molecule has 0 unspecified atom stereocenters. The summed E-state index contributed by atoms with van der Waals surface area (Å²) in [4.78, 5) is 40.0. The van der Waals surface area contributed by atoms with E-state index in [-0.39, 0.29) is 31.3 Å². The second-order valence-corrected chi connectivity index (χ2v) is 10.4. The fourth-order valence-electron chi connectivity index (χ4n) is 4.82. The number of ether oxygens (including phenoxy) is 1. The lowest BCUT2D eigenvalue weighted by Crippen LogP contribution is -2.33. The SMILES string of the molecule is O=C(c1ccccc1)c1ccccc1N[C@@H](Cc1ccc(OCCN(C(=O)C#Cc2ccccc2)c2ccccc2)cc1)C(=O)O. The number of carbonyl (C=O) groups is 3. The normalized spacial score (nSPS) is 11.0. The van der Waals surface area contributed by atoms with Gasteiger partial charge in [-0.3, -0.25) is 14.5 Å². The molecule has 5 rings (SSSR count). The molecular formula is C39H32N2O5. The first kappa shape index (κ1) is 31.3. The van der Waals surface area contributed by atoms with Crippen molar-refractivity contribution < 1.29 is 24.2 Å². The predicted octanol–water partition coefficient (Wildman–Crippen LogP) is 6.49. The number of ketones is 1. The molecule has 228 valence electrons. The van der Waals surface area contributed by atoms with Gasteiger partial charge in [-0.05, 0) is 54.1 Å². The number of anilines is 2. The molecule has 0 aliphatic carbocycles. The van der Waals surface area contributed by atoms with Gasteiger partial charge >= 0.3 is 11.9 Å². The minimum atomic E-state index is -1.04. The van der Waals surface area contributed by atoms with E-state index in [1.807, 2.05) is 66.7 Å². The number of amides is 1. The van der Waals surface area contributed by atoms with Crippen molar-refractivity contribution in [1.82, 2.24) is 0 Å². The Morgan fingerprint density at radius 3 is 2.02 bits per heavy atom. The molecule has 0 bridgehead atoms. The van der Waals surface area contributed by atoms with Crippen molar-refractivity contribution in [3.8, 4) is 17.6 Å². The number of rotatable bonds is 12. The Kier molecular flexibility index (Phi) is 10.6. The van der Waals surface area contributed by atoms with E-state index in [0.717, 1.165) is 11.1 Å². The summed E-state index contributed by atoms with van der Waals surface area (Å²) in [7, 11) is 0. The number of carboxylic acid groups (broad SMARTS) is 1. The standard InChI is InChI=1S/C39H32N2O5/c42-37(25-22-29-12-4-1-5-13-29)41(32-16-8-3-9-17-32)26-27-46-33-23-20-30(21-24-33)28-36(39(44)45)40-35-19-11-10-18-34(35)38(43)31-14-6-2-7-15-31/h1-21,23-24,36,40H,26-28H2,(H,44,45)/t36-/m0/s1. The van der Waals surface area contributed by atoms with Crippen molar-refractivity contribution in [1.29, 1.82) is 0 Å². The molecule has 5 aromatic rings. The van der Waals surface area contributed by atoms with E-state index < -0.39 is 12.0 Å². The summed E-state index contributed by atoms with van der Waals surface area (Å²) in [6, 6.07) is 40.6. The van der Waals surface area contributed by atoms with Crippen LogP contribution in [0.25, 0.3) is 0 Å². The first-order valence-corrected chi connectivity index (χ1v) is 14.8. The highest BCUT2D eigenvalue weighted by molar-refractivity contribution is 6.12. The third-order valence-corrected chi connectivity index (χ3v) is 7.18. The Morgan fingerprint density at radius 1 is 0.739 bits per heavy atom. The quantitative estimate of drug-likeness (QED) is 0.124. The number of carbonyl (C=O) groups excluding carboxylic acids is 2. The van der Waals surface area contributed by atoms with Crippen molar-refractivity contribution in [2.24, 2.45) is 0 Å². The summed E-state index contributed by atoms with van der Waals surface area (Å²) >= 11 is 0. The van der Waals surface area contributed by atoms with Crippen LogP contribution in [0.3, 0.4) is 0 Å². The molecule has 0 heterocycles. The lowest BCUT2D eigenvalue weighted by Gasteiger charge is -2.21. The number of nitrogens with one attached hydrogen (secondary N) is 1. The van der Waals surface area contributed by atoms with E-state index in [4.69, 9.17) is 4.74 Å². The number of hydrogen-bond acceptors (Lipinski definition) is 5. The molecule has 2 N–H and O–H groups in total. The molecule has 0 aliphatic heterocycles. The van der Waals surface area contributed by atoms with Crippen LogP contribution < -0.4 is 15.0 Å². The van der Waals surface area contributed by atoms with Gasteiger partial charge in [0.1, 0.15) is 18.4 Å². The second-order valence-electron chi connectivity index (χ2n) is 10.4. The average Bonchev–Trinajstić information content (AvgIpc) is 3.10. The molecule has 0 spiro atoms. The van der Waals surface area contributed by atoms with E-state index in [1.54, 1.807) is 77.7 Å². The zero-order valence-corrected chi connectivity index (χ0v) is 25.0. The highest BCUT2D eigenvalue weighted by Crippen LogP contribution is 2.22. The minimum Gasteiger partial charge on any atom is -0.492 e. The first-order chi connectivity index (χ1) is 22.5. The molecule has 7 heteroatoms. The zero-order chi connectivity index (χ0) is 32.1. The van der Waals surface area contributed by atoms with Gasteiger partial charge in [0.25, 0.3) is 0 Å². The number of para-hydroxylation sites is 2. The van der Waals surface area contributed by atoms with Gasteiger partial charge in [0.05, 0.1) is 6.54 Å². The van der Waals surface area contributed by atoms with Gasteiger partial charge in [-0.15, -0.1) is 0 Å². The summed E-state index contributed by atoms with van der Waals surface area (Å²) in [5.74, 6) is 4.66. The van der Waals surface area contributed by atoms with E-state index >= 15 is 0 Å². The first-order valence-electron chi connectivity index (χ1n) is 14.8. The Labute approximate surface area is 268 Å². The third-order valence-electron chi connectivity index (χ3n) is 7.18. The Bertz CT molecular complexity index is 1830. The molecule has 1 amide bonds. The summed E-state index contributed by atoms with van der Waals surface area (Å²) in [6.07, 6.45) is 0.180. The second kappa shape index (κ2) is 15.6. The van der Waals surface area contributed by atoms with Crippen molar-refractivity contribution in [3.63, 3.8) is 0 Å². The van der Waals surface area contributed by atoms with Crippen LogP contribution >= 0.6 is 0 Å². The van der Waals surface area contributed by atoms with Crippen molar-refractivity contribution in [2.45, 2.75) is 12.5 Å². The molecule has 0 radical (unpaired) electrons. The van der Waals surface area contributed by atoms with E-state index in [2.05, 4.69) is 17.2 Å². The Morgan fingerprint density at radius 2 is 1.35 bits per heavy atom. The Hall–Kier alpha value is -6.13. The molecule has 0 aromatic heterocycles. The van der Waals surface area contributed by atoms with Gasteiger partial charge < -0.3 is 15.2 Å². The molecular weight excluding hydrogens is 576 g/mol. The molecule has 0 saturated carbocycles. The van der Waals surface area contributed by atoms with Gasteiger partial charge in [0, 0.05) is 40.4 Å². The van der Waals surface area contributed by atoms with Crippen molar-refractivity contribution in [2.75, 3.05) is 23.4 Å². The van der Waals surface area contributed by atoms with Crippen LogP contribution in [0.15, 0.2) is 140 Å². The monoisotopic (exact) mass is 608 g/mol. The fraction of sp³-hybridized carbons (Fsp3) is 0.103. The Balaban J connectivity index is 1.21. The molecule has 5 aromatic carbocycles. The van der Waals surface area contributed by atoms with E-state index in [0.29, 0.717) is 28.3 Å². The van der Waals surface area contributed by atoms with Gasteiger partial charge in [-0.2, -0.15) is 0 Å². The molecule has 1 atom stereocenters. The molecule has 0 fully saturated rings. The van der Waals surface area contributed by atoms with E-state index in [9.17, 15) is 19.5 Å². The third kappa shape index (κ3) is 8.49. The fourth-order valence-corrected chi connectivity index (χ4v) is 4.82. The van der Waals surface area contributed by atoms with Crippen LogP contribution in [0.5, 0.6) is 5.75 Å². The molecule has 0 aliphatic rings. The summed E-state index contributed by atoms with van der Waals surface area (Å²) in [6.45, 7) is 0.499. The van der Waals surface area contributed by atoms with Crippen LogP contribution in [0, 0.1) is 11.8 Å². The van der Waals surface area contributed by atoms with Crippen LogP contribution in [0.2, 0.25) is 0 Å². The summed E-state index contributed by atoms with van der Waals surface area (Å²) < 4.78 is 5.95. The lowest BCUT2D eigenvalue weighted by atomic mass is 10.00. The highest BCUT2D eigenvalue weighted by atomic mass is 16.5. The van der Waals surface area contributed by atoms with Gasteiger partial charge in [-0.25, -0.2) is 4.79 Å². The average molecular weight is 609 g/mol. The van der Waals surface area contributed by atoms with Gasteiger partial charge in [-0.1, -0.05) is 96.9 Å². The maximum absolute atomic E-state index is 13.1. The van der Waals surface area contributed by atoms with Crippen LogP contribution in [-0.4, -0.2) is 42.0 Å². The largest absolute Gasteiger partial charge is 0.492 e. The molecule has 0 saturated heterocycles. The maximum atomic E-state index is 13.1. The smallest absolute Gasteiger partial charge is 0.326 e. The zero-order valence-electron chi connectivity index (χ0n) is 25.0. The van der Waals surface area contributed by atoms with Gasteiger partial charge in [0.15, 0.2) is 5.78 Å². The van der Waals surface area contributed by atoms with Crippen molar-refractivity contribution >= 4 is 29.0 Å². The van der Waals surface area contributed by atoms with Crippen LogP contribution in [0.1, 0.15) is 27.0 Å². The summed E-state index contributed by atoms with van der Waals surface area (Å²) in [5, 5.41) is 13.0. The summed E-state index contributed by atoms with van der Waals surface area (Å²) in [5.41, 5.74) is 3.62. The lowest BCUT2D eigenvalue weighted by molar-refractivity contribution is -0.137. The van der Waals surface area contributed by atoms with Crippen LogP contribution in [-0.2, 0) is 16.0 Å². The number of hydrogen-bond donors (Lipinski definition) is 2. The number of benzene rings is 5. The van der Waals surface area contributed by atoms with Gasteiger partial charge in [0.2, 0.25) is 0 Å². The minimum absolute atomic E-state index is 0.180. The predicted molar refractivity (Wildman–Crippen MR) is 179 cm³/mol. The number of aliphatic carboxylic acids is 1. The molecule has 46 heavy (non-hydrogen) atoms. The number of nitrogens with zero attached hydrogens (tertiary/aromatic N) is 1. The number of carboxylic acids is 1. The molecule has 7 nitrogen and oxygen atoms in total.